The van der Waals surface area contributed by atoms with Crippen molar-refractivity contribution in [1.82, 2.24) is 25.8 Å². The van der Waals surface area contributed by atoms with Gasteiger partial charge in [0.25, 0.3) is 0 Å². The van der Waals surface area contributed by atoms with Crippen molar-refractivity contribution in [1.29, 1.82) is 0 Å². The van der Waals surface area contributed by atoms with Crippen LogP contribution in [0.5, 0.6) is 0 Å². The average Bonchev–Trinajstić information content (AvgIpc) is 3.20. The van der Waals surface area contributed by atoms with Crippen LogP contribution >= 0.6 is 0 Å². The first-order chi connectivity index (χ1) is 12.8. The highest BCUT2D eigenvalue weighted by molar-refractivity contribution is 5.79. The third-order valence-corrected chi connectivity index (χ3v) is 4.09. The zero-order valence-corrected chi connectivity index (χ0v) is 15.2. The summed E-state index contributed by atoms with van der Waals surface area (Å²) in [5.74, 6) is 1.57. The van der Waals surface area contributed by atoms with Gasteiger partial charge < -0.3 is 10.6 Å². The molecule has 134 valence electrons. The smallest absolute Gasteiger partial charge is 0.191 e. The minimum atomic E-state index is 0.588. The van der Waals surface area contributed by atoms with Gasteiger partial charge in [-0.15, -0.1) is 0 Å². The lowest BCUT2D eigenvalue weighted by atomic mass is 10.1. The molecule has 0 aliphatic rings. The summed E-state index contributed by atoms with van der Waals surface area (Å²) in [6.45, 7) is 6.34. The molecule has 1 heterocycles. The summed E-state index contributed by atoms with van der Waals surface area (Å²) in [6, 6.07) is 16.5. The molecule has 0 amide bonds. The van der Waals surface area contributed by atoms with Gasteiger partial charge in [-0.05, 0) is 36.6 Å². The predicted octanol–water partition coefficient (Wildman–Crippen LogP) is 3.04. The number of H-pyrrole nitrogens is 1. The zero-order chi connectivity index (χ0) is 18.2. The van der Waals surface area contributed by atoms with Crippen LogP contribution in [0, 0.1) is 6.92 Å². The zero-order valence-electron chi connectivity index (χ0n) is 15.2. The fourth-order valence-electron chi connectivity index (χ4n) is 2.66. The molecule has 6 nitrogen and oxygen atoms in total. The molecule has 2 aromatic carbocycles. The van der Waals surface area contributed by atoms with Crippen molar-refractivity contribution in [3.8, 4) is 11.4 Å². The Kier molecular flexibility index (Phi) is 5.98. The number of nitrogens with zero attached hydrogens (tertiary/aromatic N) is 3. The van der Waals surface area contributed by atoms with E-state index in [0.29, 0.717) is 6.54 Å². The van der Waals surface area contributed by atoms with E-state index in [-0.39, 0.29) is 0 Å². The molecule has 0 unspecified atom stereocenters. The second-order valence-corrected chi connectivity index (χ2v) is 6.01. The van der Waals surface area contributed by atoms with Gasteiger partial charge in [0.2, 0.25) is 0 Å². The molecule has 0 saturated heterocycles. The Bertz CT molecular complexity index is 854. The number of benzene rings is 2. The van der Waals surface area contributed by atoms with Crippen LogP contribution < -0.4 is 10.6 Å². The number of hydrogen-bond donors (Lipinski definition) is 3. The topological polar surface area (TPSA) is 78.0 Å². The molecule has 3 N–H and O–H groups in total. The Morgan fingerprint density at radius 3 is 2.77 bits per heavy atom. The van der Waals surface area contributed by atoms with E-state index in [4.69, 9.17) is 4.99 Å². The first-order valence-electron chi connectivity index (χ1n) is 8.77. The van der Waals surface area contributed by atoms with E-state index in [9.17, 15) is 0 Å². The van der Waals surface area contributed by atoms with Crippen LogP contribution in [0.3, 0.4) is 0 Å². The van der Waals surface area contributed by atoms with Crippen LogP contribution in [0.4, 0.5) is 0 Å². The Morgan fingerprint density at radius 2 is 2.00 bits per heavy atom. The van der Waals surface area contributed by atoms with Crippen LogP contribution in [0.25, 0.3) is 11.4 Å². The quantitative estimate of drug-likeness (QED) is 0.473. The van der Waals surface area contributed by atoms with Crippen LogP contribution in [0.2, 0.25) is 0 Å². The fraction of sp³-hybridized carbons (Fsp3) is 0.250. The standard InChI is InChI=1S/C20H24N6/c1-3-21-20(23-13-18-9-5-4-7-15(18)2)22-12-16-8-6-10-17(11-16)19-24-14-25-26-19/h4-11,14H,3,12-13H2,1-2H3,(H2,21,22,23)(H,24,25,26). The van der Waals surface area contributed by atoms with Crippen molar-refractivity contribution in [2.75, 3.05) is 6.54 Å². The largest absolute Gasteiger partial charge is 0.357 e. The van der Waals surface area contributed by atoms with Crippen molar-refractivity contribution in [2.24, 2.45) is 4.99 Å². The highest BCUT2D eigenvalue weighted by Gasteiger charge is 2.03. The highest BCUT2D eigenvalue weighted by atomic mass is 15.2. The van der Waals surface area contributed by atoms with Gasteiger partial charge in [0, 0.05) is 18.7 Å². The van der Waals surface area contributed by atoms with Gasteiger partial charge in [0.1, 0.15) is 6.33 Å². The highest BCUT2D eigenvalue weighted by Crippen LogP contribution is 2.16. The van der Waals surface area contributed by atoms with Gasteiger partial charge in [0.15, 0.2) is 11.8 Å². The summed E-state index contributed by atoms with van der Waals surface area (Å²) in [5, 5.41) is 13.5. The van der Waals surface area contributed by atoms with Crippen molar-refractivity contribution >= 4 is 5.96 Å². The molecule has 0 saturated carbocycles. The van der Waals surface area contributed by atoms with Crippen LogP contribution in [0.1, 0.15) is 23.6 Å². The van der Waals surface area contributed by atoms with Gasteiger partial charge in [-0.25, -0.2) is 9.98 Å². The summed E-state index contributed by atoms with van der Waals surface area (Å²) in [5.41, 5.74) is 4.67. The van der Waals surface area contributed by atoms with Gasteiger partial charge in [-0.1, -0.05) is 42.5 Å². The molecular weight excluding hydrogens is 324 g/mol. The molecule has 0 aliphatic carbocycles. The molecule has 0 aliphatic heterocycles. The fourth-order valence-corrected chi connectivity index (χ4v) is 2.66. The lowest BCUT2D eigenvalue weighted by molar-refractivity contribution is 0.813. The maximum absolute atomic E-state index is 4.70. The van der Waals surface area contributed by atoms with Crippen molar-refractivity contribution in [2.45, 2.75) is 26.9 Å². The number of rotatable bonds is 6. The van der Waals surface area contributed by atoms with E-state index in [2.05, 4.69) is 76.1 Å². The lowest BCUT2D eigenvalue weighted by Gasteiger charge is -2.13. The predicted molar refractivity (Wildman–Crippen MR) is 105 cm³/mol. The minimum Gasteiger partial charge on any atom is -0.357 e. The molecule has 1 aromatic heterocycles. The number of nitrogens with one attached hydrogen (secondary N) is 3. The molecular formula is C20H24N6. The first-order valence-corrected chi connectivity index (χ1v) is 8.77. The molecule has 0 radical (unpaired) electrons. The Morgan fingerprint density at radius 1 is 1.12 bits per heavy atom. The maximum atomic E-state index is 4.70. The van der Waals surface area contributed by atoms with Crippen LogP contribution in [-0.2, 0) is 13.1 Å². The van der Waals surface area contributed by atoms with Crippen LogP contribution in [0.15, 0.2) is 59.9 Å². The van der Waals surface area contributed by atoms with Crippen molar-refractivity contribution in [3.63, 3.8) is 0 Å². The number of aryl methyl sites for hydroxylation is 1. The summed E-state index contributed by atoms with van der Waals surface area (Å²) < 4.78 is 0. The Balaban J connectivity index is 1.67. The van der Waals surface area contributed by atoms with E-state index in [1.807, 2.05) is 12.1 Å². The number of aliphatic imine (C=N–C) groups is 1. The molecule has 3 aromatic rings. The minimum absolute atomic E-state index is 0.588. The number of guanidine groups is 1. The van der Waals surface area contributed by atoms with Gasteiger partial charge >= 0.3 is 0 Å². The van der Waals surface area contributed by atoms with E-state index in [1.54, 1.807) is 0 Å². The molecule has 0 fully saturated rings. The van der Waals surface area contributed by atoms with Gasteiger partial charge in [-0.2, -0.15) is 5.10 Å². The van der Waals surface area contributed by atoms with E-state index >= 15 is 0 Å². The second-order valence-electron chi connectivity index (χ2n) is 6.01. The van der Waals surface area contributed by atoms with E-state index in [0.717, 1.165) is 36.0 Å². The molecule has 0 bridgehead atoms. The number of hydrogen-bond acceptors (Lipinski definition) is 3. The Hall–Kier alpha value is -3.15. The molecule has 6 heteroatoms. The van der Waals surface area contributed by atoms with Crippen LogP contribution in [-0.4, -0.2) is 27.7 Å². The van der Waals surface area contributed by atoms with Crippen molar-refractivity contribution < 1.29 is 0 Å². The SMILES string of the molecule is CCNC(=NCc1cccc(-c2ncn[nH]2)c1)NCc1ccccc1C. The van der Waals surface area contributed by atoms with E-state index in [1.165, 1.54) is 17.5 Å². The normalized spacial score (nSPS) is 11.4. The van der Waals surface area contributed by atoms with E-state index < -0.39 is 0 Å². The van der Waals surface area contributed by atoms with Gasteiger partial charge in [-0.3, -0.25) is 5.10 Å². The van der Waals surface area contributed by atoms with Crippen molar-refractivity contribution in [3.05, 3.63) is 71.5 Å². The second kappa shape index (κ2) is 8.80. The maximum Gasteiger partial charge on any atom is 0.191 e. The molecule has 26 heavy (non-hydrogen) atoms. The lowest BCUT2D eigenvalue weighted by Crippen LogP contribution is -2.36. The summed E-state index contributed by atoms with van der Waals surface area (Å²) in [4.78, 5) is 8.90. The molecule has 0 atom stereocenters. The third-order valence-electron chi connectivity index (χ3n) is 4.09. The molecule has 0 spiro atoms. The Labute approximate surface area is 153 Å². The van der Waals surface area contributed by atoms with Gasteiger partial charge in [0.05, 0.1) is 6.54 Å². The summed E-state index contributed by atoms with van der Waals surface area (Å²) in [6.07, 6.45) is 1.51. The average molecular weight is 348 g/mol. The first kappa shape index (κ1) is 17.7. The summed E-state index contributed by atoms with van der Waals surface area (Å²) >= 11 is 0. The third kappa shape index (κ3) is 4.69. The number of aromatic nitrogens is 3. The molecule has 3 rings (SSSR count). The number of aromatic amines is 1. The monoisotopic (exact) mass is 348 g/mol. The summed E-state index contributed by atoms with van der Waals surface area (Å²) in [7, 11) is 0.